The van der Waals surface area contributed by atoms with Gasteiger partial charge in [-0.25, -0.2) is 4.79 Å². The smallest absolute Gasteiger partial charge is 0.339 e. The van der Waals surface area contributed by atoms with Crippen molar-refractivity contribution in [1.82, 2.24) is 9.55 Å². The molecule has 0 atom stereocenters. The average molecular weight is 405 g/mol. The van der Waals surface area contributed by atoms with Crippen LogP contribution in [0.4, 0.5) is 0 Å². The monoisotopic (exact) mass is 404 g/mol. The molecule has 3 aromatic rings. The number of para-hydroxylation sites is 1. The third-order valence-corrected chi connectivity index (χ3v) is 6.03. The number of hydrogen-bond donors (Lipinski definition) is 0. The predicted octanol–water partition coefficient (Wildman–Crippen LogP) is 4.98. The second-order valence-electron chi connectivity index (χ2n) is 8.07. The Hall–Kier alpha value is -2.95. The summed E-state index contributed by atoms with van der Waals surface area (Å²) in [5, 5.41) is 0.803. The lowest BCUT2D eigenvalue weighted by atomic mass is 9.90. The molecule has 0 radical (unpaired) electrons. The van der Waals surface area contributed by atoms with Gasteiger partial charge in [-0.15, -0.1) is 0 Å². The van der Waals surface area contributed by atoms with Gasteiger partial charge in [-0.2, -0.15) is 0 Å². The Morgan fingerprint density at radius 2 is 1.90 bits per heavy atom. The van der Waals surface area contributed by atoms with E-state index in [9.17, 15) is 9.59 Å². The number of aryl methyl sites for hydroxylation is 2. The number of nitrogens with zero attached hydrogens (tertiary/aromatic N) is 2. The first-order valence-corrected chi connectivity index (χ1v) is 10.8. The molecular weight excluding hydrogens is 376 g/mol. The number of carbonyl (C=O) groups excluding carboxylic acids is 2. The lowest BCUT2D eigenvalue weighted by Crippen LogP contribution is -2.19. The SMILES string of the molecule is CCCn1c(C)cc(C(=O)COC(=O)c2c3c(nc4ccccc24)CCCC3)c1C. The lowest BCUT2D eigenvalue weighted by molar-refractivity contribution is 0.0475. The van der Waals surface area contributed by atoms with Crippen LogP contribution in [-0.2, 0) is 24.1 Å². The summed E-state index contributed by atoms with van der Waals surface area (Å²) >= 11 is 0. The van der Waals surface area contributed by atoms with E-state index >= 15 is 0 Å². The maximum absolute atomic E-state index is 13.1. The van der Waals surface area contributed by atoms with Gasteiger partial charge in [0.15, 0.2) is 6.61 Å². The van der Waals surface area contributed by atoms with Crippen molar-refractivity contribution in [2.75, 3.05) is 6.61 Å². The fourth-order valence-electron chi connectivity index (χ4n) is 4.54. The number of Topliss-reactive ketones (excluding diaryl/α,β-unsaturated/α-hetero) is 1. The van der Waals surface area contributed by atoms with Crippen LogP contribution in [0.2, 0.25) is 0 Å². The molecule has 0 unspecified atom stereocenters. The minimum absolute atomic E-state index is 0.161. The number of benzene rings is 1. The number of esters is 1. The van der Waals surface area contributed by atoms with Gasteiger partial charge in [-0.1, -0.05) is 25.1 Å². The van der Waals surface area contributed by atoms with Gasteiger partial charge in [-0.3, -0.25) is 9.78 Å². The Kier molecular flexibility index (Phi) is 5.71. The van der Waals surface area contributed by atoms with Gasteiger partial charge in [0.2, 0.25) is 5.78 Å². The molecule has 0 saturated heterocycles. The topological polar surface area (TPSA) is 61.2 Å². The molecule has 0 N–H and O–H groups in total. The second kappa shape index (κ2) is 8.42. The summed E-state index contributed by atoms with van der Waals surface area (Å²) in [5.74, 6) is -0.589. The zero-order valence-corrected chi connectivity index (χ0v) is 18.0. The predicted molar refractivity (Wildman–Crippen MR) is 117 cm³/mol. The highest BCUT2D eigenvalue weighted by molar-refractivity contribution is 6.06. The van der Waals surface area contributed by atoms with Crippen LogP contribution in [0.3, 0.4) is 0 Å². The van der Waals surface area contributed by atoms with Crippen molar-refractivity contribution in [2.45, 2.75) is 59.4 Å². The molecule has 0 aliphatic heterocycles. The van der Waals surface area contributed by atoms with Crippen molar-refractivity contribution in [3.63, 3.8) is 0 Å². The Labute approximate surface area is 177 Å². The molecule has 0 amide bonds. The quantitative estimate of drug-likeness (QED) is 0.429. The van der Waals surface area contributed by atoms with Gasteiger partial charge in [0.1, 0.15) is 0 Å². The van der Waals surface area contributed by atoms with Crippen LogP contribution in [0.1, 0.15) is 69.5 Å². The van der Waals surface area contributed by atoms with Gasteiger partial charge in [-0.05, 0) is 63.6 Å². The van der Waals surface area contributed by atoms with Crippen molar-refractivity contribution in [1.29, 1.82) is 0 Å². The fourth-order valence-corrected chi connectivity index (χ4v) is 4.54. The van der Waals surface area contributed by atoms with E-state index in [2.05, 4.69) is 11.5 Å². The molecule has 0 bridgehead atoms. The molecule has 0 fully saturated rings. The van der Waals surface area contributed by atoms with Crippen molar-refractivity contribution < 1.29 is 14.3 Å². The Morgan fingerprint density at radius 3 is 2.70 bits per heavy atom. The number of ketones is 1. The molecule has 1 aliphatic rings. The molecule has 5 nitrogen and oxygen atoms in total. The second-order valence-corrected chi connectivity index (χ2v) is 8.07. The first-order chi connectivity index (χ1) is 14.5. The number of aromatic nitrogens is 2. The zero-order valence-electron chi connectivity index (χ0n) is 18.0. The van der Waals surface area contributed by atoms with Gasteiger partial charge < -0.3 is 9.30 Å². The van der Waals surface area contributed by atoms with E-state index in [1.807, 2.05) is 44.2 Å². The molecular formula is C25H28N2O3. The summed E-state index contributed by atoms with van der Waals surface area (Å²) in [5.41, 5.74) is 5.98. The molecule has 2 aromatic heterocycles. The third-order valence-electron chi connectivity index (χ3n) is 6.03. The van der Waals surface area contributed by atoms with E-state index < -0.39 is 5.97 Å². The maximum atomic E-state index is 13.1. The molecule has 4 rings (SSSR count). The standard InChI is InChI=1S/C25H28N2O3/c1-4-13-27-16(2)14-20(17(27)3)23(28)15-30-25(29)24-18-9-5-7-11-21(18)26-22-12-8-6-10-19(22)24/h5,7,9,11,14H,4,6,8,10,12-13,15H2,1-3H3. The van der Waals surface area contributed by atoms with Crippen LogP contribution < -0.4 is 0 Å². The van der Waals surface area contributed by atoms with Crippen LogP contribution in [0, 0.1) is 13.8 Å². The number of ether oxygens (including phenoxy) is 1. The van der Waals surface area contributed by atoms with Crippen molar-refractivity contribution in [2.24, 2.45) is 0 Å². The number of fused-ring (bicyclic) bond motifs is 2. The number of pyridine rings is 1. The highest BCUT2D eigenvalue weighted by Gasteiger charge is 2.25. The maximum Gasteiger partial charge on any atom is 0.339 e. The number of hydrogen-bond acceptors (Lipinski definition) is 4. The third kappa shape index (κ3) is 3.64. The molecule has 0 saturated carbocycles. The number of carbonyl (C=O) groups is 2. The van der Waals surface area contributed by atoms with E-state index in [4.69, 9.17) is 9.72 Å². The lowest BCUT2D eigenvalue weighted by Gasteiger charge is -2.19. The van der Waals surface area contributed by atoms with E-state index in [1.165, 1.54) is 0 Å². The summed E-state index contributed by atoms with van der Waals surface area (Å²) in [6.07, 6.45) is 4.82. The molecule has 1 aromatic carbocycles. The number of rotatable bonds is 6. The van der Waals surface area contributed by atoms with Gasteiger partial charge >= 0.3 is 5.97 Å². The minimum Gasteiger partial charge on any atom is -0.454 e. The first-order valence-electron chi connectivity index (χ1n) is 10.8. The Bertz CT molecular complexity index is 1130. The molecule has 0 spiro atoms. The average Bonchev–Trinajstić information content (AvgIpc) is 3.04. The highest BCUT2D eigenvalue weighted by atomic mass is 16.5. The van der Waals surface area contributed by atoms with Crippen molar-refractivity contribution >= 4 is 22.7 Å². The van der Waals surface area contributed by atoms with Crippen LogP contribution in [-0.4, -0.2) is 27.9 Å². The van der Waals surface area contributed by atoms with Gasteiger partial charge in [0.05, 0.1) is 11.1 Å². The summed E-state index contributed by atoms with van der Waals surface area (Å²) in [6.45, 7) is 6.69. The van der Waals surface area contributed by atoms with E-state index in [0.29, 0.717) is 11.1 Å². The van der Waals surface area contributed by atoms with Crippen molar-refractivity contribution in [3.8, 4) is 0 Å². The van der Waals surface area contributed by atoms with E-state index in [0.717, 1.165) is 72.2 Å². The van der Waals surface area contributed by atoms with Crippen LogP contribution in [0.15, 0.2) is 30.3 Å². The van der Waals surface area contributed by atoms with E-state index in [1.54, 1.807) is 0 Å². The van der Waals surface area contributed by atoms with E-state index in [-0.39, 0.29) is 12.4 Å². The molecule has 156 valence electrons. The molecule has 1 aliphatic carbocycles. The zero-order chi connectivity index (χ0) is 21.3. The molecule has 30 heavy (non-hydrogen) atoms. The minimum atomic E-state index is -0.428. The van der Waals surface area contributed by atoms with Gasteiger partial charge in [0.25, 0.3) is 0 Å². The van der Waals surface area contributed by atoms with Gasteiger partial charge in [0, 0.05) is 34.6 Å². The first kappa shape index (κ1) is 20.3. The summed E-state index contributed by atoms with van der Waals surface area (Å²) in [6, 6.07) is 9.56. The molecule has 2 heterocycles. The van der Waals surface area contributed by atoms with Crippen LogP contribution in [0.25, 0.3) is 10.9 Å². The Balaban J connectivity index is 1.60. The fraction of sp³-hybridized carbons (Fsp3) is 0.400. The van der Waals surface area contributed by atoms with Crippen LogP contribution >= 0.6 is 0 Å². The largest absolute Gasteiger partial charge is 0.454 e. The normalized spacial score (nSPS) is 13.3. The summed E-state index contributed by atoms with van der Waals surface area (Å²) in [7, 11) is 0. The molecule has 5 heteroatoms. The summed E-state index contributed by atoms with van der Waals surface area (Å²) in [4.78, 5) is 30.7. The van der Waals surface area contributed by atoms with Crippen LogP contribution in [0.5, 0.6) is 0 Å². The summed E-state index contributed by atoms with van der Waals surface area (Å²) < 4.78 is 7.70. The van der Waals surface area contributed by atoms with Crippen molar-refractivity contribution in [3.05, 3.63) is 64.1 Å². The Morgan fingerprint density at radius 1 is 1.13 bits per heavy atom. The highest BCUT2D eigenvalue weighted by Crippen LogP contribution is 2.30.